The molecule has 0 bridgehead atoms. The summed E-state index contributed by atoms with van der Waals surface area (Å²) in [5.74, 6) is -0.0665. The van der Waals surface area contributed by atoms with Crippen molar-refractivity contribution >= 4 is 13.6 Å². The van der Waals surface area contributed by atoms with Gasteiger partial charge in [0.1, 0.15) is 0 Å². The van der Waals surface area contributed by atoms with E-state index in [1.165, 1.54) is 22.4 Å². The Morgan fingerprint density at radius 2 is 1.82 bits per heavy atom. The molecule has 2 aromatic carbocycles. The third-order valence-electron chi connectivity index (χ3n) is 1.99. The predicted molar refractivity (Wildman–Crippen MR) is 64.9 cm³/mol. The van der Waals surface area contributed by atoms with Gasteiger partial charge in [-0.05, 0) is 12.1 Å². The van der Waals surface area contributed by atoms with Crippen LogP contribution in [0, 0.1) is 11.9 Å². The number of benzene rings is 2. The summed E-state index contributed by atoms with van der Waals surface area (Å²) in [5, 5.41) is 0. The first-order chi connectivity index (χ1) is 8.36. The van der Waals surface area contributed by atoms with Gasteiger partial charge in [0.2, 0.25) is 0 Å². The topological polar surface area (TPSA) is 9.23 Å². The van der Waals surface area contributed by atoms with Gasteiger partial charge in [0.05, 0.1) is 6.61 Å². The van der Waals surface area contributed by atoms with Crippen LogP contribution in [0.15, 0.2) is 48.5 Å². The standard InChI is InChI=1S/C13H10FO.BrH.Zn/c14-12-8-4-5-9-13(12)15-10-11-6-2-1-3-7-11;;/h1-6,8-9H,10H2;1H;/q-1;;+2/p-1. The molecule has 0 aliphatic rings. The molecular weight excluding hydrogens is 336 g/mol. The van der Waals surface area contributed by atoms with Crippen molar-refractivity contribution in [2.45, 2.75) is 6.61 Å². The molecule has 0 N–H and O–H groups in total. The molecule has 0 heterocycles. The van der Waals surface area contributed by atoms with Gasteiger partial charge in [-0.15, -0.1) is 5.56 Å². The maximum absolute atomic E-state index is 13.2. The SMILES string of the molecule is Fc1ccccc1OCc1[c-]cccc1.[Zn+][Br]. The molecule has 0 amide bonds. The molecule has 0 saturated carbocycles. The van der Waals surface area contributed by atoms with Crippen LogP contribution in [0.2, 0.25) is 0 Å². The minimum absolute atomic E-state index is 0.273. The quantitative estimate of drug-likeness (QED) is 0.602. The summed E-state index contributed by atoms with van der Waals surface area (Å²) in [6.07, 6.45) is 0. The van der Waals surface area contributed by atoms with E-state index in [2.05, 4.69) is 19.7 Å². The molecule has 17 heavy (non-hydrogen) atoms. The number of ether oxygens (including phenoxy) is 1. The van der Waals surface area contributed by atoms with E-state index in [4.69, 9.17) is 4.74 Å². The van der Waals surface area contributed by atoms with Gasteiger partial charge in [-0.3, -0.25) is 0 Å². The Kier molecular flexibility index (Phi) is 7.06. The summed E-state index contributed by atoms with van der Waals surface area (Å²) < 4.78 is 18.5. The molecule has 0 spiro atoms. The predicted octanol–water partition coefficient (Wildman–Crippen LogP) is 4.05. The fourth-order valence-corrected chi connectivity index (χ4v) is 1.24. The van der Waals surface area contributed by atoms with E-state index in [0.29, 0.717) is 6.61 Å². The molecule has 0 atom stereocenters. The Hall–Kier alpha value is -0.727. The van der Waals surface area contributed by atoms with Gasteiger partial charge in [0, 0.05) is 0 Å². The Bertz CT molecular complexity index is 436. The van der Waals surface area contributed by atoms with Crippen molar-refractivity contribution in [3.8, 4) is 5.75 Å². The zero-order valence-electron chi connectivity index (χ0n) is 9.20. The van der Waals surface area contributed by atoms with Crippen molar-refractivity contribution in [1.82, 2.24) is 0 Å². The third kappa shape index (κ3) is 4.97. The number of para-hydroxylation sites is 1. The summed E-state index contributed by atoms with van der Waals surface area (Å²) in [6, 6.07) is 16.9. The number of hydrogen-bond acceptors (Lipinski definition) is 1. The molecule has 0 radical (unpaired) electrons. The van der Waals surface area contributed by atoms with Crippen LogP contribution in [0.3, 0.4) is 0 Å². The van der Waals surface area contributed by atoms with Crippen molar-refractivity contribution in [2.24, 2.45) is 0 Å². The summed E-state index contributed by atoms with van der Waals surface area (Å²) in [6.45, 7) is 0.335. The molecule has 2 aromatic rings. The molecule has 0 unspecified atom stereocenters. The second-order valence-corrected chi connectivity index (χ2v) is 3.11. The fourth-order valence-electron chi connectivity index (χ4n) is 1.24. The Balaban J connectivity index is 0.000000686. The van der Waals surface area contributed by atoms with E-state index in [-0.39, 0.29) is 11.6 Å². The summed E-state index contributed by atoms with van der Waals surface area (Å²) >= 11 is 4.25. The molecule has 84 valence electrons. The summed E-state index contributed by atoms with van der Waals surface area (Å²) in [7, 11) is 0. The number of rotatable bonds is 3. The van der Waals surface area contributed by atoms with E-state index in [9.17, 15) is 4.39 Å². The van der Waals surface area contributed by atoms with Gasteiger partial charge >= 0.3 is 30.0 Å². The van der Waals surface area contributed by atoms with Gasteiger partial charge in [-0.25, -0.2) is 4.39 Å². The molecule has 0 aliphatic heterocycles. The van der Waals surface area contributed by atoms with Crippen molar-refractivity contribution in [1.29, 1.82) is 0 Å². The summed E-state index contributed by atoms with van der Waals surface area (Å²) in [5.41, 5.74) is 0.903. The van der Waals surface area contributed by atoms with Gasteiger partial charge in [-0.1, -0.05) is 12.1 Å². The maximum atomic E-state index is 13.2. The first-order valence-electron chi connectivity index (χ1n) is 4.96. The van der Waals surface area contributed by atoms with Crippen LogP contribution >= 0.6 is 13.6 Å². The molecule has 0 fully saturated rings. The van der Waals surface area contributed by atoms with E-state index in [1.54, 1.807) is 24.3 Å². The second-order valence-electron chi connectivity index (χ2n) is 3.11. The van der Waals surface area contributed by atoms with E-state index in [0.717, 1.165) is 5.56 Å². The van der Waals surface area contributed by atoms with Crippen molar-refractivity contribution in [2.75, 3.05) is 0 Å². The van der Waals surface area contributed by atoms with Crippen LogP contribution in [-0.2, 0) is 22.9 Å². The molecule has 0 saturated heterocycles. The fraction of sp³-hybridized carbons (Fsp3) is 0.0769. The van der Waals surface area contributed by atoms with E-state index < -0.39 is 0 Å². The van der Waals surface area contributed by atoms with Gasteiger partial charge < -0.3 is 4.74 Å². The van der Waals surface area contributed by atoms with Crippen LogP contribution < -0.4 is 4.74 Å². The average Bonchev–Trinajstić information content (AvgIpc) is 2.41. The van der Waals surface area contributed by atoms with Crippen LogP contribution in [0.5, 0.6) is 5.75 Å². The third-order valence-corrected chi connectivity index (χ3v) is 1.99. The number of halogens is 2. The zero-order chi connectivity index (χ0) is 12.5. The summed E-state index contributed by atoms with van der Waals surface area (Å²) in [4.78, 5) is 0. The van der Waals surface area contributed by atoms with Crippen molar-refractivity contribution < 1.29 is 25.5 Å². The Morgan fingerprint density at radius 3 is 2.47 bits per heavy atom. The van der Waals surface area contributed by atoms with E-state index >= 15 is 0 Å². The Morgan fingerprint density at radius 1 is 1.12 bits per heavy atom. The van der Waals surface area contributed by atoms with Gasteiger partial charge in [0.15, 0.2) is 11.6 Å². The van der Waals surface area contributed by atoms with Crippen LogP contribution in [0.4, 0.5) is 4.39 Å². The number of hydrogen-bond donors (Lipinski definition) is 0. The monoisotopic (exact) mass is 344 g/mol. The van der Waals surface area contributed by atoms with Crippen LogP contribution in [0.25, 0.3) is 0 Å². The molecule has 0 aliphatic carbocycles. The molecule has 1 nitrogen and oxygen atoms in total. The van der Waals surface area contributed by atoms with Gasteiger partial charge in [-0.2, -0.15) is 30.3 Å². The Labute approximate surface area is 117 Å². The van der Waals surface area contributed by atoms with Gasteiger partial charge in [0.25, 0.3) is 0 Å². The van der Waals surface area contributed by atoms with Crippen LogP contribution in [-0.4, -0.2) is 0 Å². The van der Waals surface area contributed by atoms with Crippen LogP contribution in [0.1, 0.15) is 5.56 Å². The van der Waals surface area contributed by atoms with Crippen molar-refractivity contribution in [3.63, 3.8) is 0 Å². The zero-order valence-corrected chi connectivity index (χ0v) is 13.8. The average molecular weight is 347 g/mol. The normalized spacial score (nSPS) is 9.18. The minimum atomic E-state index is -0.339. The second kappa shape index (κ2) is 8.38. The molecule has 4 heteroatoms. The first-order valence-corrected chi connectivity index (χ1v) is 11.9. The molecule has 2 rings (SSSR count). The first kappa shape index (κ1) is 14.3. The van der Waals surface area contributed by atoms with E-state index in [1.807, 2.05) is 18.2 Å². The molecular formula is C13H10BrFOZn. The van der Waals surface area contributed by atoms with Crippen molar-refractivity contribution in [3.05, 3.63) is 66.0 Å². The molecule has 0 aromatic heterocycles.